The summed E-state index contributed by atoms with van der Waals surface area (Å²) in [7, 11) is 0. The Morgan fingerprint density at radius 1 is 1.24 bits per heavy atom. The summed E-state index contributed by atoms with van der Waals surface area (Å²) in [5.74, 6) is 0.857. The van der Waals surface area contributed by atoms with Gasteiger partial charge in [-0.25, -0.2) is 0 Å². The summed E-state index contributed by atoms with van der Waals surface area (Å²) in [5.41, 5.74) is 3.44. The average molecular weight is 231 g/mol. The molecular formula is C16H25N. The molecular weight excluding hydrogens is 206 g/mol. The van der Waals surface area contributed by atoms with Crippen LogP contribution in [-0.4, -0.2) is 0 Å². The summed E-state index contributed by atoms with van der Waals surface area (Å²) in [6, 6.07) is 2.61. The zero-order valence-corrected chi connectivity index (χ0v) is 11.9. The van der Waals surface area contributed by atoms with E-state index in [9.17, 15) is 5.26 Å². The monoisotopic (exact) mass is 231 g/mol. The lowest BCUT2D eigenvalue weighted by Gasteiger charge is -2.48. The van der Waals surface area contributed by atoms with Crippen LogP contribution in [0.1, 0.15) is 60.3 Å². The Morgan fingerprint density at radius 3 is 2.41 bits per heavy atom. The highest BCUT2D eigenvalue weighted by atomic mass is 14.6. The number of nitrogens with zero attached hydrogens (tertiary/aromatic N) is 1. The Bertz CT molecular complexity index is 392. The molecule has 0 aromatic rings. The molecule has 0 unspecified atom stereocenters. The van der Waals surface area contributed by atoms with Gasteiger partial charge in [-0.15, -0.1) is 0 Å². The van der Waals surface area contributed by atoms with Crippen molar-refractivity contribution >= 4 is 0 Å². The van der Waals surface area contributed by atoms with E-state index in [0.717, 1.165) is 6.42 Å². The van der Waals surface area contributed by atoms with Gasteiger partial charge < -0.3 is 0 Å². The topological polar surface area (TPSA) is 23.8 Å². The van der Waals surface area contributed by atoms with E-state index in [1.54, 1.807) is 0 Å². The standard InChI is InChI=1S/C16H25N/c1-11(2)12-9-14-15(3,4)7-6-8-16(14,5)13(12)10-17/h13-14H,6-9H2,1-5H3/t13-,14-,16+/m0/s1. The summed E-state index contributed by atoms with van der Waals surface area (Å²) in [6.45, 7) is 11.5. The van der Waals surface area contributed by atoms with Gasteiger partial charge in [-0.2, -0.15) is 5.26 Å². The quantitative estimate of drug-likeness (QED) is 0.554. The van der Waals surface area contributed by atoms with Gasteiger partial charge in [-0.05, 0) is 49.9 Å². The number of nitriles is 1. The third-order valence-corrected chi connectivity index (χ3v) is 5.48. The van der Waals surface area contributed by atoms with Gasteiger partial charge >= 0.3 is 0 Å². The van der Waals surface area contributed by atoms with Crippen LogP contribution < -0.4 is 0 Å². The molecule has 0 aliphatic heterocycles. The second kappa shape index (κ2) is 3.87. The van der Waals surface area contributed by atoms with E-state index in [1.165, 1.54) is 30.4 Å². The Hall–Kier alpha value is -0.770. The van der Waals surface area contributed by atoms with Crippen molar-refractivity contribution in [3.63, 3.8) is 0 Å². The van der Waals surface area contributed by atoms with Crippen LogP contribution in [0.25, 0.3) is 0 Å². The first-order valence-electron chi connectivity index (χ1n) is 6.89. The molecule has 0 radical (unpaired) electrons. The molecule has 0 amide bonds. The van der Waals surface area contributed by atoms with Crippen LogP contribution in [0.5, 0.6) is 0 Å². The Morgan fingerprint density at radius 2 is 1.88 bits per heavy atom. The average Bonchev–Trinajstić information content (AvgIpc) is 2.51. The third-order valence-electron chi connectivity index (χ3n) is 5.48. The molecule has 0 N–H and O–H groups in total. The van der Waals surface area contributed by atoms with Crippen molar-refractivity contribution in [1.82, 2.24) is 0 Å². The molecule has 94 valence electrons. The van der Waals surface area contributed by atoms with Crippen molar-refractivity contribution < 1.29 is 0 Å². The molecule has 2 saturated carbocycles. The van der Waals surface area contributed by atoms with Crippen LogP contribution in [0.3, 0.4) is 0 Å². The molecule has 0 aromatic heterocycles. The van der Waals surface area contributed by atoms with E-state index in [4.69, 9.17) is 0 Å². The Balaban J connectivity index is 2.49. The lowest BCUT2D eigenvalue weighted by molar-refractivity contribution is 0.0141. The van der Waals surface area contributed by atoms with E-state index in [0.29, 0.717) is 11.3 Å². The van der Waals surface area contributed by atoms with E-state index in [2.05, 4.69) is 40.7 Å². The van der Waals surface area contributed by atoms with Gasteiger partial charge in [0, 0.05) is 0 Å². The molecule has 0 spiro atoms. The lowest BCUT2D eigenvalue weighted by Crippen LogP contribution is -2.41. The van der Waals surface area contributed by atoms with Gasteiger partial charge in [0.1, 0.15) is 0 Å². The van der Waals surface area contributed by atoms with E-state index < -0.39 is 0 Å². The minimum absolute atomic E-state index is 0.164. The van der Waals surface area contributed by atoms with Gasteiger partial charge in [0.25, 0.3) is 0 Å². The molecule has 0 saturated heterocycles. The van der Waals surface area contributed by atoms with Gasteiger partial charge in [-0.1, -0.05) is 38.3 Å². The molecule has 2 aliphatic carbocycles. The van der Waals surface area contributed by atoms with E-state index in [1.807, 2.05) is 0 Å². The van der Waals surface area contributed by atoms with E-state index >= 15 is 0 Å². The number of allylic oxidation sites excluding steroid dienone is 2. The molecule has 0 heterocycles. The summed E-state index contributed by atoms with van der Waals surface area (Å²) < 4.78 is 0. The van der Waals surface area contributed by atoms with Gasteiger partial charge in [0.05, 0.1) is 12.0 Å². The molecule has 2 aliphatic rings. The van der Waals surface area contributed by atoms with Crippen LogP contribution in [0.15, 0.2) is 11.1 Å². The summed E-state index contributed by atoms with van der Waals surface area (Å²) in [5, 5.41) is 9.58. The number of rotatable bonds is 0. The van der Waals surface area contributed by atoms with Crippen molar-refractivity contribution in [2.24, 2.45) is 22.7 Å². The minimum atomic E-state index is 0.164. The van der Waals surface area contributed by atoms with Crippen LogP contribution in [0, 0.1) is 34.0 Å². The van der Waals surface area contributed by atoms with Gasteiger partial charge in [0.15, 0.2) is 0 Å². The molecule has 1 heteroatoms. The largest absolute Gasteiger partial charge is 0.198 e. The zero-order chi connectivity index (χ0) is 12.8. The van der Waals surface area contributed by atoms with Crippen molar-refractivity contribution in [2.45, 2.75) is 60.3 Å². The van der Waals surface area contributed by atoms with E-state index in [-0.39, 0.29) is 11.3 Å². The van der Waals surface area contributed by atoms with Crippen molar-refractivity contribution in [3.05, 3.63) is 11.1 Å². The highest BCUT2D eigenvalue weighted by molar-refractivity contribution is 5.31. The second-order valence-electron chi connectivity index (χ2n) is 7.19. The zero-order valence-electron chi connectivity index (χ0n) is 11.9. The highest BCUT2D eigenvalue weighted by Crippen LogP contribution is 2.63. The highest BCUT2D eigenvalue weighted by Gasteiger charge is 2.56. The lowest BCUT2D eigenvalue weighted by atomic mass is 9.56. The predicted molar refractivity (Wildman–Crippen MR) is 71.3 cm³/mol. The molecule has 1 nitrogen and oxygen atoms in total. The van der Waals surface area contributed by atoms with Gasteiger partial charge in [-0.3, -0.25) is 0 Å². The first kappa shape index (κ1) is 12.7. The Kier molecular flexibility index (Phi) is 2.89. The van der Waals surface area contributed by atoms with Crippen LogP contribution in [0.2, 0.25) is 0 Å². The third kappa shape index (κ3) is 1.73. The van der Waals surface area contributed by atoms with Gasteiger partial charge in [0.2, 0.25) is 0 Å². The van der Waals surface area contributed by atoms with Crippen molar-refractivity contribution in [1.29, 1.82) is 5.26 Å². The normalized spacial score (nSPS) is 39.6. The first-order valence-corrected chi connectivity index (χ1v) is 6.89. The van der Waals surface area contributed by atoms with Crippen LogP contribution in [0.4, 0.5) is 0 Å². The van der Waals surface area contributed by atoms with Crippen molar-refractivity contribution in [2.75, 3.05) is 0 Å². The maximum atomic E-state index is 9.58. The smallest absolute Gasteiger partial charge is 0.0731 e. The molecule has 3 atom stereocenters. The summed E-state index contributed by atoms with van der Waals surface area (Å²) >= 11 is 0. The molecule has 0 aromatic carbocycles. The maximum Gasteiger partial charge on any atom is 0.0731 e. The summed E-state index contributed by atoms with van der Waals surface area (Å²) in [6.07, 6.45) is 5.00. The first-order chi connectivity index (χ1) is 7.83. The number of fused-ring (bicyclic) bond motifs is 1. The van der Waals surface area contributed by atoms with Crippen LogP contribution in [-0.2, 0) is 0 Å². The number of hydrogen-bond acceptors (Lipinski definition) is 1. The molecule has 2 rings (SSSR count). The molecule has 2 fully saturated rings. The fourth-order valence-electron chi connectivity index (χ4n) is 4.47. The number of hydrogen-bond donors (Lipinski definition) is 0. The predicted octanol–water partition coefficient (Wildman–Crippen LogP) is 4.70. The fraction of sp³-hybridized carbons (Fsp3) is 0.812. The van der Waals surface area contributed by atoms with Crippen molar-refractivity contribution in [3.8, 4) is 6.07 Å². The molecule has 0 bridgehead atoms. The maximum absolute atomic E-state index is 9.58. The summed E-state index contributed by atoms with van der Waals surface area (Å²) in [4.78, 5) is 0. The Labute approximate surface area is 106 Å². The van der Waals surface area contributed by atoms with Crippen LogP contribution >= 0.6 is 0 Å². The molecule has 17 heavy (non-hydrogen) atoms. The fourth-order valence-corrected chi connectivity index (χ4v) is 4.47. The SMILES string of the molecule is CC(C)=C1C[C@H]2C(C)(C)CCC[C@]2(C)[C@H]1C#N. The second-order valence-corrected chi connectivity index (χ2v) is 7.19. The minimum Gasteiger partial charge on any atom is -0.198 e.